The summed E-state index contributed by atoms with van der Waals surface area (Å²) in [5.41, 5.74) is 0. The second kappa shape index (κ2) is 8.03. The van der Waals surface area contributed by atoms with E-state index in [0.29, 0.717) is 6.54 Å². The van der Waals surface area contributed by atoms with Crippen molar-refractivity contribution in [3.63, 3.8) is 0 Å². The molecule has 0 fully saturated rings. The number of carbonyl (C=O) groups is 3. The van der Waals surface area contributed by atoms with E-state index >= 15 is 0 Å². The van der Waals surface area contributed by atoms with Gasteiger partial charge in [0, 0.05) is 31.3 Å². The fourth-order valence-electron chi connectivity index (χ4n) is 1.86. The summed E-state index contributed by atoms with van der Waals surface area (Å²) < 4.78 is 1.67. The third-order valence-corrected chi connectivity index (χ3v) is 2.71. The molecular formula is C13H20N4O4. The molecule has 0 aliphatic carbocycles. The molecule has 21 heavy (non-hydrogen) atoms. The minimum absolute atomic E-state index is 0.00669. The van der Waals surface area contributed by atoms with Crippen LogP contribution in [0.2, 0.25) is 0 Å². The molecule has 2 unspecified atom stereocenters. The summed E-state index contributed by atoms with van der Waals surface area (Å²) in [4.78, 5) is 33.7. The first-order valence-electron chi connectivity index (χ1n) is 6.66. The second-order valence-corrected chi connectivity index (χ2v) is 5.06. The molecule has 1 rings (SSSR count). The van der Waals surface area contributed by atoms with Crippen LogP contribution in [-0.2, 0) is 16.1 Å². The Bertz CT molecular complexity index is 486. The van der Waals surface area contributed by atoms with Crippen LogP contribution < -0.4 is 10.6 Å². The number of carboxylic acid groups (broad SMARTS) is 1. The minimum Gasteiger partial charge on any atom is -0.481 e. The minimum atomic E-state index is -0.965. The summed E-state index contributed by atoms with van der Waals surface area (Å²) in [5.74, 6) is -1.78. The van der Waals surface area contributed by atoms with Gasteiger partial charge < -0.3 is 10.4 Å². The summed E-state index contributed by atoms with van der Waals surface area (Å²) >= 11 is 0. The number of imide groups is 1. The predicted octanol–water partition coefficient (Wildman–Crippen LogP) is 0.598. The van der Waals surface area contributed by atoms with E-state index in [1.165, 1.54) is 0 Å². The maximum absolute atomic E-state index is 11.6. The summed E-state index contributed by atoms with van der Waals surface area (Å²) in [6.45, 7) is 3.93. The molecule has 0 aliphatic heterocycles. The highest BCUT2D eigenvalue weighted by atomic mass is 16.4. The zero-order valence-corrected chi connectivity index (χ0v) is 12.1. The molecule has 8 nitrogen and oxygen atoms in total. The lowest BCUT2D eigenvalue weighted by atomic mass is 10.0. The van der Waals surface area contributed by atoms with E-state index in [4.69, 9.17) is 5.11 Å². The first-order chi connectivity index (χ1) is 9.86. The van der Waals surface area contributed by atoms with Gasteiger partial charge in [-0.2, -0.15) is 5.10 Å². The van der Waals surface area contributed by atoms with Crippen LogP contribution in [-0.4, -0.2) is 38.8 Å². The van der Waals surface area contributed by atoms with Gasteiger partial charge in [-0.15, -0.1) is 0 Å². The number of carbonyl (C=O) groups excluding carboxylic acids is 2. The Morgan fingerprint density at radius 2 is 2.00 bits per heavy atom. The fraction of sp³-hybridized carbons (Fsp3) is 0.538. The van der Waals surface area contributed by atoms with Crippen LogP contribution in [0.25, 0.3) is 0 Å². The Morgan fingerprint density at radius 1 is 1.29 bits per heavy atom. The molecule has 1 aromatic heterocycles. The molecule has 0 aliphatic rings. The fourth-order valence-corrected chi connectivity index (χ4v) is 1.86. The highest BCUT2D eigenvalue weighted by molar-refractivity contribution is 5.94. The Balaban J connectivity index is 2.29. The number of rotatable bonds is 7. The number of urea groups is 1. The Kier molecular flexibility index (Phi) is 6.38. The van der Waals surface area contributed by atoms with Gasteiger partial charge in [0.15, 0.2) is 0 Å². The van der Waals surface area contributed by atoms with Crippen molar-refractivity contribution in [2.75, 3.05) is 0 Å². The zero-order chi connectivity index (χ0) is 15.8. The average Bonchev–Trinajstić information content (AvgIpc) is 2.78. The van der Waals surface area contributed by atoms with Gasteiger partial charge in [-0.25, -0.2) is 4.79 Å². The highest BCUT2D eigenvalue weighted by Crippen LogP contribution is 2.06. The van der Waals surface area contributed by atoms with Crippen molar-refractivity contribution < 1.29 is 19.5 Å². The maximum Gasteiger partial charge on any atom is 0.321 e. The molecule has 0 saturated heterocycles. The number of nitrogens with zero attached hydrogens (tertiary/aromatic N) is 2. The van der Waals surface area contributed by atoms with E-state index in [9.17, 15) is 14.4 Å². The van der Waals surface area contributed by atoms with Crippen LogP contribution in [0.3, 0.4) is 0 Å². The van der Waals surface area contributed by atoms with E-state index in [1.54, 1.807) is 37.0 Å². The molecule has 3 N–H and O–H groups in total. The Morgan fingerprint density at radius 3 is 2.57 bits per heavy atom. The smallest absolute Gasteiger partial charge is 0.321 e. The molecule has 0 radical (unpaired) electrons. The van der Waals surface area contributed by atoms with Crippen molar-refractivity contribution >= 4 is 17.9 Å². The molecule has 2 atom stereocenters. The van der Waals surface area contributed by atoms with E-state index in [-0.39, 0.29) is 24.8 Å². The number of hydrogen-bond acceptors (Lipinski definition) is 4. The standard InChI is InChI=1S/C13H20N4O4/c1-9(7-12(19)20)6-11(18)16-13(21)15-10(2)8-17-5-3-4-14-17/h3-5,9-10H,6-8H2,1-2H3,(H,19,20)(H2,15,16,18,21). The van der Waals surface area contributed by atoms with Gasteiger partial charge in [0.1, 0.15) is 0 Å². The number of aromatic nitrogens is 2. The number of hydrogen-bond donors (Lipinski definition) is 3. The van der Waals surface area contributed by atoms with Crippen molar-refractivity contribution in [1.82, 2.24) is 20.4 Å². The third-order valence-electron chi connectivity index (χ3n) is 2.71. The number of aliphatic carboxylic acids is 1. The molecule has 0 spiro atoms. The molecule has 116 valence electrons. The summed E-state index contributed by atoms with van der Waals surface area (Å²) in [5, 5.41) is 17.4. The van der Waals surface area contributed by atoms with Gasteiger partial charge in [0.25, 0.3) is 0 Å². The normalized spacial score (nSPS) is 13.2. The number of nitrogens with one attached hydrogen (secondary N) is 2. The van der Waals surface area contributed by atoms with Gasteiger partial charge in [-0.1, -0.05) is 6.92 Å². The lowest BCUT2D eigenvalue weighted by Crippen LogP contribution is -2.45. The van der Waals surface area contributed by atoms with Crippen molar-refractivity contribution in [1.29, 1.82) is 0 Å². The average molecular weight is 296 g/mol. The van der Waals surface area contributed by atoms with Crippen molar-refractivity contribution in [2.45, 2.75) is 39.3 Å². The van der Waals surface area contributed by atoms with Gasteiger partial charge in [0.05, 0.1) is 6.54 Å². The lowest BCUT2D eigenvalue weighted by molar-refractivity contribution is -0.138. The second-order valence-electron chi connectivity index (χ2n) is 5.06. The van der Waals surface area contributed by atoms with Crippen molar-refractivity contribution in [3.05, 3.63) is 18.5 Å². The molecule has 0 aromatic carbocycles. The molecule has 1 aromatic rings. The van der Waals surface area contributed by atoms with E-state index in [2.05, 4.69) is 15.7 Å². The SMILES string of the molecule is CC(CC(=O)O)CC(=O)NC(=O)NC(C)Cn1cccn1. The van der Waals surface area contributed by atoms with E-state index in [0.717, 1.165) is 0 Å². The quantitative estimate of drug-likeness (QED) is 0.682. The predicted molar refractivity (Wildman–Crippen MR) is 74.4 cm³/mol. The maximum atomic E-state index is 11.6. The van der Waals surface area contributed by atoms with Crippen LogP contribution in [0.15, 0.2) is 18.5 Å². The van der Waals surface area contributed by atoms with Crippen LogP contribution in [0.4, 0.5) is 4.79 Å². The van der Waals surface area contributed by atoms with Crippen LogP contribution in [0, 0.1) is 5.92 Å². The van der Waals surface area contributed by atoms with Crippen LogP contribution >= 0.6 is 0 Å². The number of carboxylic acids is 1. The monoisotopic (exact) mass is 296 g/mol. The van der Waals surface area contributed by atoms with Crippen molar-refractivity contribution in [2.24, 2.45) is 5.92 Å². The van der Waals surface area contributed by atoms with Gasteiger partial charge in [0.2, 0.25) is 5.91 Å². The molecule has 3 amide bonds. The first kappa shape index (κ1) is 16.7. The molecule has 0 saturated carbocycles. The van der Waals surface area contributed by atoms with Crippen molar-refractivity contribution in [3.8, 4) is 0 Å². The molecular weight excluding hydrogens is 276 g/mol. The van der Waals surface area contributed by atoms with Gasteiger partial charge in [-0.3, -0.25) is 19.6 Å². The highest BCUT2D eigenvalue weighted by Gasteiger charge is 2.15. The zero-order valence-electron chi connectivity index (χ0n) is 12.1. The van der Waals surface area contributed by atoms with Crippen LogP contribution in [0.5, 0.6) is 0 Å². The molecule has 8 heteroatoms. The van der Waals surface area contributed by atoms with E-state index in [1.807, 2.05) is 0 Å². The molecule has 0 bridgehead atoms. The Hall–Kier alpha value is -2.38. The summed E-state index contributed by atoms with van der Waals surface area (Å²) in [6, 6.07) is 0.983. The van der Waals surface area contributed by atoms with Gasteiger partial charge in [-0.05, 0) is 18.9 Å². The van der Waals surface area contributed by atoms with Crippen LogP contribution in [0.1, 0.15) is 26.7 Å². The van der Waals surface area contributed by atoms with Gasteiger partial charge >= 0.3 is 12.0 Å². The largest absolute Gasteiger partial charge is 0.481 e. The first-order valence-corrected chi connectivity index (χ1v) is 6.66. The Labute approximate surface area is 122 Å². The summed E-state index contributed by atoms with van der Waals surface area (Å²) in [7, 11) is 0. The third kappa shape index (κ3) is 7.09. The lowest BCUT2D eigenvalue weighted by Gasteiger charge is -2.15. The summed E-state index contributed by atoms with van der Waals surface area (Å²) in [6.07, 6.45) is 3.30. The topological polar surface area (TPSA) is 113 Å². The number of amides is 3. The van der Waals surface area contributed by atoms with E-state index < -0.39 is 17.9 Å². The molecule has 1 heterocycles.